The van der Waals surface area contributed by atoms with Crippen LogP contribution in [0.2, 0.25) is 0 Å². The van der Waals surface area contributed by atoms with Gasteiger partial charge in [0.05, 0.1) is 18.5 Å². The van der Waals surface area contributed by atoms with Crippen molar-refractivity contribution in [3.63, 3.8) is 0 Å². The molecule has 0 aliphatic rings. The van der Waals surface area contributed by atoms with Gasteiger partial charge in [-0.05, 0) is 19.3 Å². The van der Waals surface area contributed by atoms with E-state index in [-0.39, 0.29) is 17.8 Å². The van der Waals surface area contributed by atoms with Crippen molar-refractivity contribution in [2.45, 2.75) is 39.7 Å². The highest BCUT2D eigenvalue weighted by atomic mass is 32.2. The van der Waals surface area contributed by atoms with Gasteiger partial charge in [-0.2, -0.15) is 0 Å². The molecular weight excluding hydrogens is 202 g/mol. The topological polar surface area (TPSA) is 69.4 Å². The molecule has 0 aliphatic carbocycles. The van der Waals surface area contributed by atoms with Crippen LogP contribution in [0, 0.1) is 5.92 Å². The van der Waals surface area contributed by atoms with E-state index in [4.69, 9.17) is 9.88 Å². The second-order valence-electron chi connectivity index (χ2n) is 3.87. The van der Waals surface area contributed by atoms with Crippen LogP contribution in [0.3, 0.4) is 0 Å². The molecule has 0 saturated heterocycles. The fourth-order valence-electron chi connectivity index (χ4n) is 1.26. The van der Waals surface area contributed by atoms with Gasteiger partial charge >= 0.3 is 0 Å². The van der Waals surface area contributed by atoms with Crippen molar-refractivity contribution in [3.8, 4) is 0 Å². The highest BCUT2D eigenvalue weighted by Crippen LogP contribution is 2.05. The summed E-state index contributed by atoms with van der Waals surface area (Å²) < 4.78 is 26.9. The molecular formula is C9H21NO3S. The predicted molar refractivity (Wildman–Crippen MR) is 57.5 cm³/mol. The van der Waals surface area contributed by atoms with Gasteiger partial charge in [-0.3, -0.25) is 0 Å². The van der Waals surface area contributed by atoms with Gasteiger partial charge in [-0.15, -0.1) is 0 Å². The number of hydrogen-bond donors (Lipinski definition) is 1. The minimum atomic E-state index is -3.36. The van der Waals surface area contributed by atoms with Gasteiger partial charge < -0.3 is 4.74 Å². The van der Waals surface area contributed by atoms with E-state index in [1.165, 1.54) is 0 Å². The quantitative estimate of drug-likeness (QED) is 0.703. The van der Waals surface area contributed by atoms with Crippen molar-refractivity contribution in [2.24, 2.45) is 11.1 Å². The molecule has 0 aromatic carbocycles. The van der Waals surface area contributed by atoms with E-state index in [1.807, 2.05) is 13.8 Å². The molecule has 0 aromatic rings. The fourth-order valence-corrected chi connectivity index (χ4v) is 2.15. The summed E-state index contributed by atoms with van der Waals surface area (Å²) in [6.45, 7) is 6.36. The third-order valence-electron chi connectivity index (χ3n) is 1.88. The first-order chi connectivity index (χ1) is 6.35. The molecule has 4 nitrogen and oxygen atoms in total. The van der Waals surface area contributed by atoms with Crippen molar-refractivity contribution in [3.05, 3.63) is 0 Å². The van der Waals surface area contributed by atoms with E-state index >= 15 is 0 Å². The number of rotatable bonds is 7. The minimum absolute atomic E-state index is 0.00809. The van der Waals surface area contributed by atoms with Gasteiger partial charge in [-0.25, -0.2) is 13.6 Å². The molecule has 2 atom stereocenters. The Morgan fingerprint density at radius 1 is 1.36 bits per heavy atom. The lowest BCUT2D eigenvalue weighted by atomic mass is 10.2. The zero-order valence-corrected chi connectivity index (χ0v) is 10.0. The molecule has 86 valence electrons. The number of sulfonamides is 1. The lowest BCUT2D eigenvalue weighted by Gasteiger charge is -2.15. The number of ether oxygens (including phenoxy) is 1. The SMILES string of the molecule is CCCC(C)OCC(C)CS(N)(=O)=O. The van der Waals surface area contributed by atoms with Crippen LogP contribution in [-0.2, 0) is 14.8 Å². The third kappa shape index (κ3) is 8.47. The summed E-state index contributed by atoms with van der Waals surface area (Å²) in [4.78, 5) is 0. The van der Waals surface area contributed by atoms with Crippen LogP contribution in [0.1, 0.15) is 33.6 Å². The maximum Gasteiger partial charge on any atom is 0.209 e. The summed E-state index contributed by atoms with van der Waals surface area (Å²) >= 11 is 0. The highest BCUT2D eigenvalue weighted by molar-refractivity contribution is 7.89. The Bertz CT molecular complexity index is 238. The van der Waals surface area contributed by atoms with E-state index in [9.17, 15) is 8.42 Å². The standard InChI is InChI=1S/C9H21NO3S/c1-4-5-9(3)13-6-8(2)7-14(10,11)12/h8-9H,4-7H2,1-3H3,(H2,10,11,12). The Hall–Kier alpha value is -0.130. The van der Waals surface area contributed by atoms with Crippen LogP contribution in [0.4, 0.5) is 0 Å². The van der Waals surface area contributed by atoms with Crippen molar-refractivity contribution in [1.29, 1.82) is 0 Å². The molecule has 0 bridgehead atoms. The van der Waals surface area contributed by atoms with Gasteiger partial charge in [0, 0.05) is 0 Å². The summed E-state index contributed by atoms with van der Waals surface area (Å²) in [5, 5.41) is 4.92. The third-order valence-corrected chi connectivity index (χ3v) is 2.91. The lowest BCUT2D eigenvalue weighted by molar-refractivity contribution is 0.0426. The molecule has 2 unspecified atom stereocenters. The fraction of sp³-hybridized carbons (Fsp3) is 1.00. The van der Waals surface area contributed by atoms with Gasteiger partial charge in [0.2, 0.25) is 10.0 Å². The average Bonchev–Trinajstić information content (AvgIpc) is 1.98. The number of nitrogens with two attached hydrogens (primary N) is 1. The first-order valence-corrected chi connectivity index (χ1v) is 6.68. The van der Waals surface area contributed by atoms with Gasteiger partial charge in [0.15, 0.2) is 0 Å². The van der Waals surface area contributed by atoms with E-state index < -0.39 is 10.0 Å². The minimum Gasteiger partial charge on any atom is -0.378 e. The molecule has 5 heteroatoms. The van der Waals surface area contributed by atoms with Crippen LogP contribution in [0.15, 0.2) is 0 Å². The molecule has 0 aromatic heterocycles. The van der Waals surface area contributed by atoms with Crippen LogP contribution in [-0.4, -0.2) is 26.9 Å². The molecule has 14 heavy (non-hydrogen) atoms. The summed E-state index contributed by atoms with van der Waals surface area (Å²) in [6.07, 6.45) is 2.27. The zero-order chi connectivity index (χ0) is 11.2. The zero-order valence-electron chi connectivity index (χ0n) is 9.19. The lowest BCUT2D eigenvalue weighted by Crippen LogP contribution is -2.25. The van der Waals surface area contributed by atoms with E-state index in [1.54, 1.807) is 0 Å². The summed E-state index contributed by atoms with van der Waals surface area (Å²) in [5.41, 5.74) is 0. The molecule has 0 rings (SSSR count). The Kier molecular flexibility index (Phi) is 6.31. The maximum atomic E-state index is 10.7. The van der Waals surface area contributed by atoms with E-state index in [0.717, 1.165) is 12.8 Å². The average molecular weight is 223 g/mol. The highest BCUT2D eigenvalue weighted by Gasteiger charge is 2.12. The molecule has 0 amide bonds. The molecule has 0 radical (unpaired) electrons. The van der Waals surface area contributed by atoms with Crippen molar-refractivity contribution < 1.29 is 13.2 Å². The second kappa shape index (κ2) is 6.37. The van der Waals surface area contributed by atoms with Crippen molar-refractivity contribution >= 4 is 10.0 Å². The summed E-state index contributed by atoms with van der Waals surface area (Å²) in [5.74, 6) is -0.0458. The normalized spacial score (nSPS) is 16.6. The smallest absolute Gasteiger partial charge is 0.209 e. The van der Waals surface area contributed by atoms with Crippen molar-refractivity contribution in [1.82, 2.24) is 0 Å². The second-order valence-corrected chi connectivity index (χ2v) is 5.53. The maximum absolute atomic E-state index is 10.7. The van der Waals surface area contributed by atoms with Crippen molar-refractivity contribution in [2.75, 3.05) is 12.4 Å². The van der Waals surface area contributed by atoms with E-state index in [0.29, 0.717) is 6.61 Å². The Morgan fingerprint density at radius 3 is 2.36 bits per heavy atom. The Morgan fingerprint density at radius 2 is 1.93 bits per heavy atom. The van der Waals surface area contributed by atoms with Crippen LogP contribution >= 0.6 is 0 Å². The molecule has 0 heterocycles. The van der Waals surface area contributed by atoms with Crippen LogP contribution in [0.5, 0.6) is 0 Å². The van der Waals surface area contributed by atoms with Gasteiger partial charge in [-0.1, -0.05) is 20.3 Å². The Balaban J connectivity index is 3.69. The molecule has 0 fully saturated rings. The van der Waals surface area contributed by atoms with Gasteiger partial charge in [0.25, 0.3) is 0 Å². The molecule has 0 saturated carbocycles. The van der Waals surface area contributed by atoms with E-state index in [2.05, 4.69) is 6.92 Å². The summed E-state index contributed by atoms with van der Waals surface area (Å²) in [7, 11) is -3.36. The first kappa shape index (κ1) is 13.9. The number of primary sulfonamides is 1. The van der Waals surface area contributed by atoms with Crippen LogP contribution in [0.25, 0.3) is 0 Å². The van der Waals surface area contributed by atoms with Gasteiger partial charge in [0.1, 0.15) is 0 Å². The molecule has 0 aliphatic heterocycles. The largest absolute Gasteiger partial charge is 0.378 e. The number of hydrogen-bond acceptors (Lipinski definition) is 3. The molecule has 2 N–H and O–H groups in total. The van der Waals surface area contributed by atoms with Crippen LogP contribution < -0.4 is 5.14 Å². The molecule has 0 spiro atoms. The first-order valence-electron chi connectivity index (χ1n) is 4.97. The summed E-state index contributed by atoms with van der Waals surface area (Å²) in [6, 6.07) is 0. The Labute approximate surface area is 86.9 Å². The monoisotopic (exact) mass is 223 g/mol. The predicted octanol–water partition coefficient (Wildman–Crippen LogP) is 1.12.